The number of hydrogen-bond donors (Lipinski definition) is 1. The molecule has 0 saturated carbocycles. The van der Waals surface area contributed by atoms with Gasteiger partial charge >= 0.3 is 6.18 Å². The molecule has 0 radical (unpaired) electrons. The van der Waals surface area contributed by atoms with Crippen LogP contribution in [0.1, 0.15) is 31.9 Å². The molecule has 0 aliphatic heterocycles. The molecule has 1 N–H and O–H groups in total. The molecule has 17 heavy (non-hydrogen) atoms. The average Bonchev–Trinajstić information content (AvgIpc) is 2.57. The number of nitrogens with one attached hydrogen (secondary N) is 1. The summed E-state index contributed by atoms with van der Waals surface area (Å²) in [6.07, 6.45) is -3.28. The van der Waals surface area contributed by atoms with E-state index in [0.717, 1.165) is 11.8 Å². The second-order valence-corrected chi connectivity index (χ2v) is 5.21. The van der Waals surface area contributed by atoms with Crippen LogP contribution in [0.2, 0.25) is 0 Å². The number of halogens is 3. The van der Waals surface area contributed by atoms with Gasteiger partial charge in [-0.1, -0.05) is 32.9 Å². The first kappa shape index (κ1) is 12.0. The zero-order valence-corrected chi connectivity index (χ0v) is 9.94. The van der Waals surface area contributed by atoms with E-state index >= 15 is 0 Å². The molecule has 2 aromatic rings. The number of rotatable bonds is 0. The minimum atomic E-state index is -4.30. The van der Waals surface area contributed by atoms with Gasteiger partial charge in [0.1, 0.15) is 0 Å². The molecule has 0 bridgehead atoms. The van der Waals surface area contributed by atoms with Crippen molar-refractivity contribution >= 4 is 10.9 Å². The summed E-state index contributed by atoms with van der Waals surface area (Å²) in [7, 11) is 0. The van der Waals surface area contributed by atoms with Crippen molar-refractivity contribution in [3.63, 3.8) is 0 Å². The third-order valence-electron chi connectivity index (χ3n) is 2.85. The Kier molecular flexibility index (Phi) is 2.49. The summed E-state index contributed by atoms with van der Waals surface area (Å²) in [6.45, 7) is 6.09. The highest BCUT2D eigenvalue weighted by molar-refractivity contribution is 5.84. The quantitative estimate of drug-likeness (QED) is 0.699. The van der Waals surface area contributed by atoms with Crippen molar-refractivity contribution in [3.05, 3.63) is 35.5 Å². The third-order valence-corrected chi connectivity index (χ3v) is 2.85. The van der Waals surface area contributed by atoms with Gasteiger partial charge in [-0.3, -0.25) is 0 Å². The highest BCUT2D eigenvalue weighted by atomic mass is 19.4. The second kappa shape index (κ2) is 3.52. The maximum atomic E-state index is 12.7. The highest BCUT2D eigenvalue weighted by Gasteiger charge is 2.33. The fraction of sp³-hybridized carbons (Fsp3) is 0.385. The summed E-state index contributed by atoms with van der Waals surface area (Å²) >= 11 is 0. The van der Waals surface area contributed by atoms with Crippen LogP contribution in [0.25, 0.3) is 10.9 Å². The molecule has 0 fully saturated rings. The number of alkyl halides is 3. The molecule has 0 saturated heterocycles. The van der Waals surface area contributed by atoms with E-state index in [4.69, 9.17) is 0 Å². The van der Waals surface area contributed by atoms with Gasteiger partial charge < -0.3 is 4.98 Å². The summed E-state index contributed by atoms with van der Waals surface area (Å²) in [6, 6.07) is 5.07. The lowest BCUT2D eigenvalue weighted by atomic mass is 9.86. The summed E-state index contributed by atoms with van der Waals surface area (Å²) in [5, 5.41) is 0.227. The molecule has 0 atom stereocenters. The summed E-state index contributed by atoms with van der Waals surface area (Å²) < 4.78 is 38.0. The maximum Gasteiger partial charge on any atom is 0.418 e. The van der Waals surface area contributed by atoms with E-state index in [1.807, 2.05) is 20.8 Å². The first-order valence-electron chi connectivity index (χ1n) is 5.38. The monoisotopic (exact) mass is 241 g/mol. The van der Waals surface area contributed by atoms with E-state index < -0.39 is 11.7 Å². The molecule has 0 unspecified atom stereocenters. The Morgan fingerprint density at radius 2 is 1.71 bits per heavy atom. The first-order valence-corrected chi connectivity index (χ1v) is 5.38. The van der Waals surface area contributed by atoms with Gasteiger partial charge in [-0.05, 0) is 17.0 Å². The standard InChI is InChI=1S/C13H14F3N/c1-12(2,3)8-4-5-9-10(13(14,15)16)7-17-11(9)6-8/h4-7,17H,1-3H3. The van der Waals surface area contributed by atoms with Crippen molar-refractivity contribution in [2.24, 2.45) is 0 Å². The molecule has 1 heterocycles. The van der Waals surface area contributed by atoms with Crippen LogP contribution in [0.15, 0.2) is 24.4 Å². The zero-order valence-electron chi connectivity index (χ0n) is 9.94. The van der Waals surface area contributed by atoms with Crippen molar-refractivity contribution in [2.75, 3.05) is 0 Å². The van der Waals surface area contributed by atoms with Crippen molar-refractivity contribution in [1.82, 2.24) is 4.98 Å². The van der Waals surface area contributed by atoms with Gasteiger partial charge in [0.05, 0.1) is 5.56 Å². The van der Waals surface area contributed by atoms with Crippen LogP contribution >= 0.6 is 0 Å². The number of fused-ring (bicyclic) bond motifs is 1. The minimum Gasteiger partial charge on any atom is -0.361 e. The van der Waals surface area contributed by atoms with Crippen LogP contribution < -0.4 is 0 Å². The molecule has 0 spiro atoms. The Bertz CT molecular complexity index is 544. The van der Waals surface area contributed by atoms with Crippen LogP contribution in [0.5, 0.6) is 0 Å². The molecule has 92 valence electrons. The summed E-state index contributed by atoms with van der Waals surface area (Å²) in [5.74, 6) is 0. The smallest absolute Gasteiger partial charge is 0.361 e. The van der Waals surface area contributed by atoms with Gasteiger partial charge in [-0.25, -0.2) is 0 Å². The van der Waals surface area contributed by atoms with Gasteiger partial charge in [-0.15, -0.1) is 0 Å². The molecule has 4 heteroatoms. The van der Waals surface area contributed by atoms with Crippen LogP contribution in [0.4, 0.5) is 13.2 Å². The van der Waals surface area contributed by atoms with Crippen LogP contribution in [0.3, 0.4) is 0 Å². The molecule has 2 rings (SSSR count). The van der Waals surface area contributed by atoms with Gasteiger partial charge in [0, 0.05) is 17.1 Å². The topological polar surface area (TPSA) is 15.8 Å². The Balaban J connectivity index is 2.61. The number of aromatic nitrogens is 1. The van der Waals surface area contributed by atoms with Gasteiger partial charge in [-0.2, -0.15) is 13.2 Å². The average molecular weight is 241 g/mol. The molecular weight excluding hydrogens is 227 g/mol. The number of hydrogen-bond acceptors (Lipinski definition) is 0. The van der Waals surface area contributed by atoms with E-state index in [1.165, 1.54) is 6.07 Å². The predicted octanol–water partition coefficient (Wildman–Crippen LogP) is 4.48. The van der Waals surface area contributed by atoms with Crippen LogP contribution in [-0.2, 0) is 11.6 Å². The van der Waals surface area contributed by atoms with Gasteiger partial charge in [0.2, 0.25) is 0 Å². The molecule has 1 nitrogen and oxygen atoms in total. The van der Waals surface area contributed by atoms with Crippen molar-refractivity contribution in [1.29, 1.82) is 0 Å². The lowest BCUT2D eigenvalue weighted by molar-refractivity contribution is -0.136. The highest BCUT2D eigenvalue weighted by Crippen LogP contribution is 2.36. The molecule has 1 aromatic heterocycles. The SMILES string of the molecule is CC(C)(C)c1ccc2c(C(F)(F)F)c[nH]c2c1. The Morgan fingerprint density at radius 3 is 2.24 bits per heavy atom. The van der Waals surface area contributed by atoms with E-state index in [9.17, 15) is 13.2 Å². The maximum absolute atomic E-state index is 12.7. The van der Waals surface area contributed by atoms with Gasteiger partial charge in [0.15, 0.2) is 0 Å². The first-order chi connectivity index (χ1) is 7.69. The number of benzene rings is 1. The number of aromatic amines is 1. The molecule has 0 amide bonds. The number of H-pyrrole nitrogens is 1. The lowest BCUT2D eigenvalue weighted by Gasteiger charge is -2.18. The van der Waals surface area contributed by atoms with Crippen LogP contribution in [0, 0.1) is 0 Å². The Hall–Kier alpha value is -1.45. The Labute approximate surface area is 97.6 Å². The fourth-order valence-electron chi connectivity index (χ4n) is 1.83. The summed E-state index contributed by atoms with van der Waals surface area (Å²) in [4.78, 5) is 2.69. The van der Waals surface area contributed by atoms with E-state index in [1.54, 1.807) is 12.1 Å². The van der Waals surface area contributed by atoms with E-state index in [-0.39, 0.29) is 10.8 Å². The molecule has 0 aliphatic carbocycles. The lowest BCUT2D eigenvalue weighted by Crippen LogP contribution is -2.10. The molecular formula is C13H14F3N. The van der Waals surface area contributed by atoms with Crippen LogP contribution in [-0.4, -0.2) is 4.98 Å². The van der Waals surface area contributed by atoms with E-state index in [0.29, 0.717) is 5.52 Å². The minimum absolute atomic E-state index is 0.0717. The second-order valence-electron chi connectivity index (χ2n) is 5.21. The Morgan fingerprint density at radius 1 is 1.06 bits per heavy atom. The van der Waals surface area contributed by atoms with Crippen molar-refractivity contribution < 1.29 is 13.2 Å². The third kappa shape index (κ3) is 2.16. The van der Waals surface area contributed by atoms with Crippen molar-refractivity contribution in [3.8, 4) is 0 Å². The summed E-state index contributed by atoms with van der Waals surface area (Å²) in [5.41, 5.74) is 0.871. The van der Waals surface area contributed by atoms with Gasteiger partial charge in [0.25, 0.3) is 0 Å². The largest absolute Gasteiger partial charge is 0.418 e. The molecule has 1 aromatic carbocycles. The molecule has 0 aliphatic rings. The van der Waals surface area contributed by atoms with Crippen molar-refractivity contribution in [2.45, 2.75) is 32.4 Å². The fourth-order valence-corrected chi connectivity index (χ4v) is 1.83. The zero-order chi connectivity index (χ0) is 12.8. The predicted molar refractivity (Wildman–Crippen MR) is 62.0 cm³/mol. The normalized spacial score (nSPS) is 13.3. The van der Waals surface area contributed by atoms with E-state index in [2.05, 4.69) is 4.98 Å².